The van der Waals surface area contributed by atoms with Gasteiger partial charge in [0.25, 0.3) is 0 Å². The topological polar surface area (TPSA) is 58.6 Å². The molecule has 0 aliphatic carbocycles. The second-order valence-corrected chi connectivity index (χ2v) is 2.72. The third-order valence-electron chi connectivity index (χ3n) is 1.54. The summed E-state index contributed by atoms with van der Waals surface area (Å²) < 4.78 is 4.88. The molecule has 0 aromatic heterocycles. The van der Waals surface area contributed by atoms with Crippen molar-refractivity contribution in [2.75, 3.05) is 20.3 Å². The highest BCUT2D eigenvalue weighted by Crippen LogP contribution is 1.93. The molecule has 1 atom stereocenters. The van der Waals surface area contributed by atoms with Crippen molar-refractivity contribution in [1.29, 1.82) is 0 Å². The summed E-state index contributed by atoms with van der Waals surface area (Å²) in [6.45, 7) is 3.92. The van der Waals surface area contributed by atoms with Gasteiger partial charge >= 0.3 is 0 Å². The Morgan fingerprint density at radius 3 is 2.92 bits per heavy atom. The summed E-state index contributed by atoms with van der Waals surface area (Å²) in [4.78, 5) is 11.1. The Kier molecular flexibility index (Phi) is 7.24. The van der Waals surface area contributed by atoms with E-state index in [9.17, 15) is 4.79 Å². The van der Waals surface area contributed by atoms with Gasteiger partial charge in [0.2, 0.25) is 5.91 Å². The minimum atomic E-state index is -0.109. The van der Waals surface area contributed by atoms with Crippen LogP contribution in [0.3, 0.4) is 0 Å². The van der Waals surface area contributed by atoms with Crippen LogP contribution in [0.2, 0.25) is 0 Å². The van der Waals surface area contributed by atoms with Crippen molar-refractivity contribution >= 4 is 5.91 Å². The fraction of sp³-hybridized carbons (Fsp3) is 0.667. The molecule has 0 aromatic rings. The molecular weight excluding hydrogens is 170 g/mol. The number of carbonyl (C=O) groups excluding carboxylic acids is 1. The predicted octanol–water partition coefficient (Wildman–Crippen LogP) is 0.0761. The van der Waals surface area contributed by atoms with E-state index in [1.807, 2.05) is 0 Å². The molecule has 0 heterocycles. The van der Waals surface area contributed by atoms with E-state index in [1.54, 1.807) is 7.11 Å². The van der Waals surface area contributed by atoms with Crippen LogP contribution >= 0.6 is 0 Å². The highest BCUT2D eigenvalue weighted by Gasteiger charge is 2.09. The minimum Gasteiger partial charge on any atom is -0.396 e. The highest BCUT2D eigenvalue weighted by atomic mass is 16.5. The first-order valence-electron chi connectivity index (χ1n) is 4.24. The lowest BCUT2D eigenvalue weighted by molar-refractivity contribution is -0.121. The number of hydrogen-bond acceptors (Lipinski definition) is 3. The van der Waals surface area contributed by atoms with Gasteiger partial charge in [0.1, 0.15) is 0 Å². The summed E-state index contributed by atoms with van der Waals surface area (Å²) in [5.74, 6) is -0.0921. The first-order chi connectivity index (χ1) is 6.24. The fourth-order valence-electron chi connectivity index (χ4n) is 0.972. The molecule has 0 saturated carbocycles. The summed E-state index contributed by atoms with van der Waals surface area (Å²) in [7, 11) is 1.56. The van der Waals surface area contributed by atoms with E-state index in [0.717, 1.165) is 0 Å². The van der Waals surface area contributed by atoms with Crippen molar-refractivity contribution in [1.82, 2.24) is 5.32 Å². The molecule has 1 amide bonds. The average Bonchev–Trinajstić information content (AvgIpc) is 2.05. The van der Waals surface area contributed by atoms with Gasteiger partial charge in [-0.3, -0.25) is 4.79 Å². The van der Waals surface area contributed by atoms with Crippen LogP contribution in [0.15, 0.2) is 12.7 Å². The van der Waals surface area contributed by atoms with Gasteiger partial charge in [0, 0.05) is 20.1 Å². The largest absolute Gasteiger partial charge is 0.396 e. The average molecular weight is 187 g/mol. The van der Waals surface area contributed by atoms with E-state index in [2.05, 4.69) is 11.9 Å². The maximum Gasteiger partial charge on any atom is 0.224 e. The van der Waals surface area contributed by atoms with Gasteiger partial charge in [-0.2, -0.15) is 0 Å². The van der Waals surface area contributed by atoms with Crippen molar-refractivity contribution in [2.45, 2.75) is 18.9 Å². The van der Waals surface area contributed by atoms with E-state index in [4.69, 9.17) is 9.84 Å². The van der Waals surface area contributed by atoms with Crippen LogP contribution in [-0.2, 0) is 9.53 Å². The monoisotopic (exact) mass is 187 g/mol. The van der Waals surface area contributed by atoms with Crippen LogP contribution < -0.4 is 5.32 Å². The molecule has 0 aliphatic rings. The molecule has 0 aliphatic heterocycles. The number of carbonyl (C=O) groups is 1. The number of methoxy groups -OCH3 is 1. The first-order valence-corrected chi connectivity index (χ1v) is 4.24. The zero-order valence-electron chi connectivity index (χ0n) is 7.95. The third kappa shape index (κ3) is 6.31. The quantitative estimate of drug-likeness (QED) is 0.555. The van der Waals surface area contributed by atoms with Crippen LogP contribution in [0, 0.1) is 0 Å². The molecule has 0 saturated heterocycles. The Morgan fingerprint density at radius 2 is 2.46 bits per heavy atom. The first kappa shape index (κ1) is 12.1. The van der Waals surface area contributed by atoms with Gasteiger partial charge in [-0.15, -0.1) is 6.58 Å². The van der Waals surface area contributed by atoms with Gasteiger partial charge in [-0.1, -0.05) is 6.08 Å². The van der Waals surface area contributed by atoms with Crippen LogP contribution in [0.25, 0.3) is 0 Å². The molecular formula is C9H17NO3. The van der Waals surface area contributed by atoms with Gasteiger partial charge in [-0.05, 0) is 6.42 Å². The van der Waals surface area contributed by atoms with Crippen LogP contribution in [0.5, 0.6) is 0 Å². The van der Waals surface area contributed by atoms with Crippen LogP contribution in [-0.4, -0.2) is 37.4 Å². The Morgan fingerprint density at radius 1 is 1.77 bits per heavy atom. The lowest BCUT2D eigenvalue weighted by Gasteiger charge is -2.15. The molecule has 4 nitrogen and oxygen atoms in total. The van der Waals surface area contributed by atoms with Crippen LogP contribution in [0.4, 0.5) is 0 Å². The number of aliphatic hydroxyl groups is 1. The van der Waals surface area contributed by atoms with E-state index < -0.39 is 0 Å². The molecule has 76 valence electrons. The maximum absolute atomic E-state index is 11.1. The van der Waals surface area contributed by atoms with E-state index in [-0.39, 0.29) is 18.6 Å². The summed E-state index contributed by atoms with van der Waals surface area (Å²) in [6.07, 6.45) is 2.35. The molecule has 0 aromatic carbocycles. The number of nitrogens with one attached hydrogen (secondary N) is 1. The molecule has 0 spiro atoms. The lowest BCUT2D eigenvalue weighted by atomic mass is 10.2. The van der Waals surface area contributed by atoms with Gasteiger partial charge in [0.05, 0.1) is 12.6 Å². The zero-order chi connectivity index (χ0) is 10.1. The second kappa shape index (κ2) is 7.76. The second-order valence-electron chi connectivity index (χ2n) is 2.72. The van der Waals surface area contributed by atoms with E-state index >= 15 is 0 Å². The van der Waals surface area contributed by atoms with Crippen molar-refractivity contribution < 1.29 is 14.6 Å². The Bertz CT molecular complexity index is 153. The predicted molar refractivity (Wildman–Crippen MR) is 50.3 cm³/mol. The maximum atomic E-state index is 11.1. The fourth-order valence-corrected chi connectivity index (χ4v) is 0.972. The normalized spacial score (nSPS) is 12.2. The number of ether oxygens (including phenoxy) is 1. The van der Waals surface area contributed by atoms with Crippen molar-refractivity contribution in [2.24, 2.45) is 0 Å². The molecule has 0 radical (unpaired) electrons. The van der Waals surface area contributed by atoms with Crippen LogP contribution in [0.1, 0.15) is 12.8 Å². The van der Waals surface area contributed by atoms with Gasteiger partial charge < -0.3 is 15.2 Å². The number of amides is 1. The molecule has 2 N–H and O–H groups in total. The summed E-state index contributed by atoms with van der Waals surface area (Å²) in [5, 5.41) is 11.4. The number of rotatable bonds is 7. The summed E-state index contributed by atoms with van der Waals surface area (Å²) in [5.41, 5.74) is 0. The third-order valence-corrected chi connectivity index (χ3v) is 1.54. The smallest absolute Gasteiger partial charge is 0.224 e. The van der Waals surface area contributed by atoms with E-state index in [0.29, 0.717) is 19.4 Å². The number of aliphatic hydroxyl groups excluding tert-OH is 1. The molecule has 0 fully saturated rings. The Balaban J connectivity index is 3.78. The van der Waals surface area contributed by atoms with Crippen molar-refractivity contribution in [3.8, 4) is 0 Å². The van der Waals surface area contributed by atoms with Gasteiger partial charge in [-0.25, -0.2) is 0 Å². The Hall–Kier alpha value is -0.870. The SMILES string of the molecule is C=CCC(=O)NC(CCO)COC. The zero-order valence-corrected chi connectivity index (χ0v) is 7.95. The molecule has 4 heteroatoms. The highest BCUT2D eigenvalue weighted by molar-refractivity contribution is 5.77. The molecule has 13 heavy (non-hydrogen) atoms. The van der Waals surface area contributed by atoms with Crippen molar-refractivity contribution in [3.63, 3.8) is 0 Å². The summed E-state index contributed by atoms with van der Waals surface area (Å²) in [6, 6.07) is -0.109. The standard InChI is InChI=1S/C9H17NO3/c1-3-4-9(12)10-8(5-6-11)7-13-2/h3,8,11H,1,4-7H2,2H3,(H,10,12). The molecule has 0 bridgehead atoms. The van der Waals surface area contributed by atoms with E-state index in [1.165, 1.54) is 6.08 Å². The van der Waals surface area contributed by atoms with Crippen molar-refractivity contribution in [3.05, 3.63) is 12.7 Å². The minimum absolute atomic E-state index is 0.0440. The summed E-state index contributed by atoms with van der Waals surface area (Å²) >= 11 is 0. The lowest BCUT2D eigenvalue weighted by Crippen LogP contribution is -2.38. The molecule has 1 unspecified atom stereocenters. The van der Waals surface area contributed by atoms with Gasteiger partial charge in [0.15, 0.2) is 0 Å². The Labute approximate surface area is 78.6 Å². The number of hydrogen-bond donors (Lipinski definition) is 2. The molecule has 0 rings (SSSR count).